The van der Waals surface area contributed by atoms with Crippen molar-refractivity contribution in [3.05, 3.63) is 64.7 Å². The van der Waals surface area contributed by atoms with E-state index in [4.69, 9.17) is 5.11 Å². The lowest BCUT2D eigenvalue weighted by Gasteiger charge is -2.26. The van der Waals surface area contributed by atoms with Crippen molar-refractivity contribution in [2.24, 2.45) is 5.92 Å². The summed E-state index contributed by atoms with van der Waals surface area (Å²) in [5.74, 6) is -1.02. The Morgan fingerprint density at radius 2 is 1.46 bits per heavy atom. The van der Waals surface area contributed by atoms with Gasteiger partial charge in [0.15, 0.2) is 11.6 Å². The molecule has 0 aliphatic heterocycles. The fraction of sp³-hybridized carbons (Fsp3) is 0.429. The molecule has 0 atom stereocenters. The largest absolute Gasteiger partial charge is 0.505 e. The van der Waals surface area contributed by atoms with Crippen LogP contribution in [0.4, 0.5) is 8.78 Å². The van der Waals surface area contributed by atoms with E-state index in [2.05, 4.69) is 38.1 Å². The lowest BCUT2D eigenvalue weighted by atomic mass is 9.79. The van der Waals surface area contributed by atoms with Crippen LogP contribution in [0.5, 0.6) is 5.75 Å². The minimum atomic E-state index is -1.18. The van der Waals surface area contributed by atoms with Gasteiger partial charge in [-0.15, -0.1) is 0 Å². The Bertz CT molecular complexity index is 629. The fourth-order valence-electron chi connectivity index (χ4n) is 3.07. The molecule has 3 heteroatoms. The zero-order valence-corrected chi connectivity index (χ0v) is 14.7. The third-order valence-electron chi connectivity index (χ3n) is 4.84. The number of hydrogen-bond donors (Lipinski definition) is 1. The highest BCUT2D eigenvalue weighted by Gasteiger charge is 2.19. The first kappa shape index (κ1) is 18.4. The molecule has 2 aromatic rings. The number of aryl methyl sites for hydroxylation is 2. The van der Waals surface area contributed by atoms with Crippen molar-refractivity contribution >= 4 is 0 Å². The van der Waals surface area contributed by atoms with E-state index in [1.807, 2.05) is 0 Å². The molecule has 1 saturated carbocycles. The Balaban J connectivity index is 0.000000185. The van der Waals surface area contributed by atoms with Gasteiger partial charge >= 0.3 is 0 Å². The van der Waals surface area contributed by atoms with Crippen molar-refractivity contribution in [3.63, 3.8) is 0 Å². The minimum Gasteiger partial charge on any atom is -0.505 e. The fourth-order valence-corrected chi connectivity index (χ4v) is 3.07. The second-order valence-corrected chi connectivity index (χ2v) is 6.89. The van der Waals surface area contributed by atoms with Crippen LogP contribution < -0.4 is 0 Å². The molecule has 0 unspecified atom stereocenters. The van der Waals surface area contributed by atoms with Crippen LogP contribution in [0.2, 0.25) is 0 Å². The Morgan fingerprint density at radius 1 is 0.875 bits per heavy atom. The normalized spacial score (nSPS) is 20.2. The Hall–Kier alpha value is -1.90. The standard InChI is InChI=1S/C14H20.C7H6F2O/c1-11-3-7-13(8-4-11)14-9-5-12(2)6-10-14;1-4-2-3-5(8)6(9)7(4)10/h3-4,7-8,12,14H,5-6,9-10H2,1-2H3;2-3,10H,1H3. The Morgan fingerprint density at radius 3 is 2.00 bits per heavy atom. The minimum absolute atomic E-state index is 0.332. The highest BCUT2D eigenvalue weighted by Crippen LogP contribution is 2.35. The van der Waals surface area contributed by atoms with E-state index in [9.17, 15) is 8.78 Å². The summed E-state index contributed by atoms with van der Waals surface area (Å²) in [6.07, 6.45) is 5.62. The zero-order chi connectivity index (χ0) is 17.7. The molecule has 0 aromatic heterocycles. The van der Waals surface area contributed by atoms with E-state index in [1.165, 1.54) is 44.2 Å². The summed E-state index contributed by atoms with van der Waals surface area (Å²) >= 11 is 0. The molecule has 0 saturated heterocycles. The lowest BCUT2D eigenvalue weighted by Crippen LogP contribution is -2.10. The van der Waals surface area contributed by atoms with Gasteiger partial charge in [0, 0.05) is 0 Å². The molecule has 3 rings (SSSR count). The van der Waals surface area contributed by atoms with E-state index in [0.29, 0.717) is 5.56 Å². The van der Waals surface area contributed by atoms with E-state index < -0.39 is 17.4 Å². The number of hydrogen-bond acceptors (Lipinski definition) is 1. The molecule has 130 valence electrons. The topological polar surface area (TPSA) is 20.2 Å². The van der Waals surface area contributed by atoms with Crippen molar-refractivity contribution in [3.8, 4) is 5.75 Å². The van der Waals surface area contributed by atoms with Gasteiger partial charge in [0.2, 0.25) is 5.82 Å². The summed E-state index contributed by atoms with van der Waals surface area (Å²) in [6.45, 7) is 6.04. The lowest BCUT2D eigenvalue weighted by molar-refractivity contribution is 0.348. The Labute approximate surface area is 143 Å². The third kappa shape index (κ3) is 4.80. The van der Waals surface area contributed by atoms with Crippen LogP contribution in [0.15, 0.2) is 36.4 Å². The average molecular weight is 332 g/mol. The van der Waals surface area contributed by atoms with Gasteiger partial charge in [-0.1, -0.05) is 55.7 Å². The zero-order valence-electron chi connectivity index (χ0n) is 14.7. The highest BCUT2D eigenvalue weighted by atomic mass is 19.2. The van der Waals surface area contributed by atoms with Gasteiger partial charge in [-0.05, 0) is 55.7 Å². The van der Waals surface area contributed by atoms with E-state index >= 15 is 0 Å². The van der Waals surface area contributed by atoms with E-state index in [1.54, 1.807) is 5.56 Å². The molecule has 1 N–H and O–H groups in total. The highest BCUT2D eigenvalue weighted by molar-refractivity contribution is 5.32. The van der Waals surface area contributed by atoms with Gasteiger partial charge in [0.05, 0.1) is 0 Å². The SMILES string of the molecule is Cc1ccc(C2CCC(C)CC2)cc1.Cc1ccc(F)c(F)c1O. The number of rotatable bonds is 1. The third-order valence-corrected chi connectivity index (χ3v) is 4.84. The van der Waals surface area contributed by atoms with Crippen molar-refractivity contribution < 1.29 is 13.9 Å². The molecule has 1 nitrogen and oxygen atoms in total. The van der Waals surface area contributed by atoms with Crippen LogP contribution in [-0.4, -0.2) is 5.11 Å². The molecular weight excluding hydrogens is 306 g/mol. The molecule has 0 amide bonds. The van der Waals surface area contributed by atoms with E-state index in [-0.39, 0.29) is 0 Å². The number of phenols is 1. The maximum Gasteiger partial charge on any atom is 0.200 e. The predicted octanol–water partition coefficient (Wildman–Crippen LogP) is 6.27. The van der Waals surface area contributed by atoms with E-state index in [0.717, 1.165) is 17.9 Å². The number of benzene rings is 2. The number of aromatic hydroxyl groups is 1. The summed E-state index contributed by atoms with van der Waals surface area (Å²) in [5.41, 5.74) is 3.26. The molecule has 0 spiro atoms. The van der Waals surface area contributed by atoms with Gasteiger partial charge < -0.3 is 5.11 Å². The summed E-state index contributed by atoms with van der Waals surface area (Å²) in [6, 6.07) is 11.4. The van der Waals surface area contributed by atoms with Crippen LogP contribution >= 0.6 is 0 Å². The van der Waals surface area contributed by atoms with Gasteiger partial charge in [0.1, 0.15) is 0 Å². The first-order chi connectivity index (χ1) is 11.4. The van der Waals surface area contributed by atoms with Crippen LogP contribution in [0.25, 0.3) is 0 Å². The molecule has 0 bridgehead atoms. The maximum absolute atomic E-state index is 12.4. The summed E-state index contributed by atoms with van der Waals surface area (Å²) in [4.78, 5) is 0. The predicted molar refractivity (Wildman–Crippen MR) is 94.3 cm³/mol. The maximum atomic E-state index is 12.4. The van der Waals surface area contributed by atoms with Crippen molar-refractivity contribution in [1.29, 1.82) is 0 Å². The van der Waals surface area contributed by atoms with Gasteiger partial charge in [-0.25, -0.2) is 4.39 Å². The summed E-state index contributed by atoms with van der Waals surface area (Å²) in [5, 5.41) is 8.77. The van der Waals surface area contributed by atoms with Crippen LogP contribution in [0, 0.1) is 31.4 Å². The summed E-state index contributed by atoms with van der Waals surface area (Å²) < 4.78 is 24.6. The monoisotopic (exact) mass is 332 g/mol. The average Bonchev–Trinajstić information content (AvgIpc) is 2.59. The molecule has 2 aromatic carbocycles. The molecule has 1 fully saturated rings. The van der Waals surface area contributed by atoms with Gasteiger partial charge in [-0.3, -0.25) is 0 Å². The number of phenolic OH excluding ortho intramolecular Hbond substituents is 1. The molecule has 1 aliphatic carbocycles. The smallest absolute Gasteiger partial charge is 0.200 e. The first-order valence-corrected chi connectivity index (χ1v) is 8.58. The Kier molecular flexibility index (Phi) is 6.36. The molecular formula is C21H26F2O. The summed E-state index contributed by atoms with van der Waals surface area (Å²) in [7, 11) is 0. The van der Waals surface area contributed by atoms with Crippen molar-refractivity contribution in [2.75, 3.05) is 0 Å². The number of halogens is 2. The van der Waals surface area contributed by atoms with Crippen molar-refractivity contribution in [2.45, 2.75) is 52.4 Å². The van der Waals surface area contributed by atoms with Gasteiger partial charge in [-0.2, -0.15) is 4.39 Å². The second kappa shape index (κ2) is 8.27. The quantitative estimate of drug-likeness (QED) is 0.652. The molecule has 0 radical (unpaired) electrons. The van der Waals surface area contributed by atoms with Crippen LogP contribution in [0.3, 0.4) is 0 Å². The van der Waals surface area contributed by atoms with Crippen molar-refractivity contribution in [1.82, 2.24) is 0 Å². The molecule has 0 heterocycles. The molecule has 24 heavy (non-hydrogen) atoms. The molecule has 1 aliphatic rings. The first-order valence-electron chi connectivity index (χ1n) is 8.58. The van der Waals surface area contributed by atoms with Crippen LogP contribution in [0.1, 0.15) is 55.2 Å². The van der Waals surface area contributed by atoms with Gasteiger partial charge in [0.25, 0.3) is 0 Å². The van der Waals surface area contributed by atoms with Crippen LogP contribution in [-0.2, 0) is 0 Å². The second-order valence-electron chi connectivity index (χ2n) is 6.89.